The summed E-state index contributed by atoms with van der Waals surface area (Å²) < 4.78 is 0. The van der Waals surface area contributed by atoms with Crippen LogP contribution in [0.5, 0.6) is 5.75 Å². The number of carbonyl (C=O) groups is 1. The number of carboxylic acid groups (broad SMARTS) is 1. The first-order chi connectivity index (χ1) is 7.63. The lowest BCUT2D eigenvalue weighted by Gasteiger charge is -2.04. The SMILES string of the molecule is N#Cc1cccc2cc(C(=O)O)c(O)cc12. The fraction of sp³-hybridized carbons (Fsp3) is 0. The van der Waals surface area contributed by atoms with Gasteiger partial charge in [-0.3, -0.25) is 0 Å². The van der Waals surface area contributed by atoms with Gasteiger partial charge in [-0.05, 0) is 23.6 Å². The molecule has 0 bridgehead atoms. The van der Waals surface area contributed by atoms with Crippen LogP contribution in [0.4, 0.5) is 0 Å². The van der Waals surface area contributed by atoms with Gasteiger partial charge in [0.25, 0.3) is 0 Å². The van der Waals surface area contributed by atoms with Gasteiger partial charge in [-0.1, -0.05) is 12.1 Å². The maximum absolute atomic E-state index is 10.8. The normalized spacial score (nSPS) is 9.94. The van der Waals surface area contributed by atoms with Crippen LogP contribution in [0.25, 0.3) is 10.8 Å². The van der Waals surface area contributed by atoms with E-state index in [1.165, 1.54) is 12.1 Å². The average Bonchev–Trinajstić information content (AvgIpc) is 2.27. The molecular formula is C12H7NO3. The molecule has 0 atom stereocenters. The molecule has 0 amide bonds. The van der Waals surface area contributed by atoms with E-state index in [9.17, 15) is 9.90 Å². The molecule has 0 unspecified atom stereocenters. The quantitative estimate of drug-likeness (QED) is 0.760. The van der Waals surface area contributed by atoms with Crippen molar-refractivity contribution in [3.05, 3.63) is 41.5 Å². The highest BCUT2D eigenvalue weighted by molar-refractivity contribution is 5.99. The molecular weight excluding hydrogens is 206 g/mol. The van der Waals surface area contributed by atoms with Crippen LogP contribution in [-0.2, 0) is 0 Å². The topological polar surface area (TPSA) is 81.3 Å². The number of nitrogens with zero attached hydrogens (tertiary/aromatic N) is 1. The monoisotopic (exact) mass is 213 g/mol. The van der Waals surface area contributed by atoms with E-state index < -0.39 is 5.97 Å². The van der Waals surface area contributed by atoms with Crippen molar-refractivity contribution in [2.24, 2.45) is 0 Å². The Kier molecular flexibility index (Phi) is 2.22. The summed E-state index contributed by atoms with van der Waals surface area (Å²) >= 11 is 0. The molecule has 0 fully saturated rings. The van der Waals surface area contributed by atoms with Crippen LogP contribution in [0.1, 0.15) is 15.9 Å². The number of benzene rings is 2. The van der Waals surface area contributed by atoms with Gasteiger partial charge in [0.1, 0.15) is 11.3 Å². The Labute approximate surface area is 91.0 Å². The van der Waals surface area contributed by atoms with Crippen molar-refractivity contribution in [1.29, 1.82) is 5.26 Å². The Morgan fingerprint density at radius 2 is 2.06 bits per heavy atom. The van der Waals surface area contributed by atoms with E-state index in [-0.39, 0.29) is 11.3 Å². The van der Waals surface area contributed by atoms with Crippen molar-refractivity contribution in [2.45, 2.75) is 0 Å². The number of aromatic carboxylic acids is 1. The van der Waals surface area contributed by atoms with Crippen molar-refractivity contribution in [3.63, 3.8) is 0 Å². The van der Waals surface area contributed by atoms with Gasteiger partial charge in [-0.15, -0.1) is 0 Å². The minimum Gasteiger partial charge on any atom is -0.507 e. The highest BCUT2D eigenvalue weighted by Crippen LogP contribution is 2.27. The van der Waals surface area contributed by atoms with Crippen LogP contribution in [0.15, 0.2) is 30.3 Å². The standard InChI is InChI=1S/C12H7NO3/c13-6-8-3-1-2-7-4-10(12(15)16)11(14)5-9(7)8/h1-5,14H,(H,15,16). The van der Waals surface area contributed by atoms with E-state index in [0.717, 1.165) is 0 Å². The molecule has 0 aliphatic heterocycles. The molecule has 2 rings (SSSR count). The fourth-order valence-corrected chi connectivity index (χ4v) is 1.58. The van der Waals surface area contributed by atoms with E-state index in [0.29, 0.717) is 16.3 Å². The average molecular weight is 213 g/mol. The number of hydrogen-bond donors (Lipinski definition) is 2. The zero-order valence-electron chi connectivity index (χ0n) is 8.14. The Morgan fingerprint density at radius 1 is 1.31 bits per heavy atom. The van der Waals surface area contributed by atoms with Gasteiger partial charge in [-0.25, -0.2) is 4.79 Å². The first-order valence-electron chi connectivity index (χ1n) is 4.52. The molecule has 2 aromatic rings. The van der Waals surface area contributed by atoms with Crippen LogP contribution in [0.3, 0.4) is 0 Å². The van der Waals surface area contributed by atoms with E-state index >= 15 is 0 Å². The maximum Gasteiger partial charge on any atom is 0.339 e. The Morgan fingerprint density at radius 3 is 2.69 bits per heavy atom. The van der Waals surface area contributed by atoms with E-state index in [4.69, 9.17) is 10.4 Å². The third-order valence-electron chi connectivity index (χ3n) is 2.35. The highest BCUT2D eigenvalue weighted by Gasteiger charge is 2.12. The lowest BCUT2D eigenvalue weighted by atomic mass is 10.0. The minimum absolute atomic E-state index is 0.164. The number of aromatic hydroxyl groups is 1. The summed E-state index contributed by atoms with van der Waals surface area (Å²) in [6, 6.07) is 9.63. The first-order valence-corrected chi connectivity index (χ1v) is 4.52. The van der Waals surface area contributed by atoms with Crippen molar-refractivity contribution in [3.8, 4) is 11.8 Å². The molecule has 0 saturated heterocycles. The van der Waals surface area contributed by atoms with Crippen LogP contribution in [-0.4, -0.2) is 16.2 Å². The number of carboxylic acids is 1. The number of nitriles is 1. The van der Waals surface area contributed by atoms with Gasteiger partial charge in [0.15, 0.2) is 0 Å². The second-order valence-corrected chi connectivity index (χ2v) is 3.31. The summed E-state index contributed by atoms with van der Waals surface area (Å²) in [5.74, 6) is -1.52. The molecule has 16 heavy (non-hydrogen) atoms. The third-order valence-corrected chi connectivity index (χ3v) is 2.35. The number of fused-ring (bicyclic) bond motifs is 1. The molecule has 0 aliphatic carbocycles. The summed E-state index contributed by atoms with van der Waals surface area (Å²) in [7, 11) is 0. The predicted molar refractivity (Wildman–Crippen MR) is 57.3 cm³/mol. The Balaban J connectivity index is 2.84. The van der Waals surface area contributed by atoms with Crippen LogP contribution >= 0.6 is 0 Å². The molecule has 2 aromatic carbocycles. The van der Waals surface area contributed by atoms with Gasteiger partial charge >= 0.3 is 5.97 Å². The number of phenols is 1. The molecule has 0 saturated carbocycles. The first kappa shape index (κ1) is 9.99. The van der Waals surface area contributed by atoms with Gasteiger partial charge in [0.2, 0.25) is 0 Å². The lowest BCUT2D eigenvalue weighted by molar-refractivity contribution is 0.0694. The molecule has 2 N–H and O–H groups in total. The minimum atomic E-state index is -1.19. The van der Waals surface area contributed by atoms with Crippen LogP contribution < -0.4 is 0 Å². The largest absolute Gasteiger partial charge is 0.507 e. The van der Waals surface area contributed by atoms with Crippen molar-refractivity contribution in [2.75, 3.05) is 0 Å². The summed E-state index contributed by atoms with van der Waals surface area (Å²) in [6.45, 7) is 0. The third kappa shape index (κ3) is 1.44. The second-order valence-electron chi connectivity index (χ2n) is 3.31. The van der Waals surface area contributed by atoms with Gasteiger partial charge < -0.3 is 10.2 Å². The second kappa shape index (κ2) is 3.55. The van der Waals surface area contributed by atoms with E-state index in [1.54, 1.807) is 18.2 Å². The molecule has 4 heteroatoms. The van der Waals surface area contributed by atoms with Crippen molar-refractivity contribution >= 4 is 16.7 Å². The molecule has 0 aliphatic rings. The predicted octanol–water partition coefficient (Wildman–Crippen LogP) is 2.12. The van der Waals surface area contributed by atoms with Crippen LogP contribution in [0, 0.1) is 11.3 Å². The zero-order valence-corrected chi connectivity index (χ0v) is 8.14. The molecule has 0 spiro atoms. The summed E-state index contributed by atoms with van der Waals surface area (Å²) in [6.07, 6.45) is 0. The summed E-state index contributed by atoms with van der Waals surface area (Å²) in [5.41, 5.74) is 0.243. The maximum atomic E-state index is 10.8. The molecule has 0 radical (unpaired) electrons. The van der Waals surface area contributed by atoms with Gasteiger partial charge in [0, 0.05) is 5.39 Å². The Hall–Kier alpha value is -2.54. The van der Waals surface area contributed by atoms with Crippen molar-refractivity contribution < 1.29 is 15.0 Å². The van der Waals surface area contributed by atoms with E-state index in [2.05, 4.69) is 0 Å². The van der Waals surface area contributed by atoms with Gasteiger partial charge in [-0.2, -0.15) is 5.26 Å². The highest BCUT2D eigenvalue weighted by atomic mass is 16.4. The van der Waals surface area contributed by atoms with Crippen LogP contribution in [0.2, 0.25) is 0 Å². The number of rotatable bonds is 1. The number of hydrogen-bond acceptors (Lipinski definition) is 3. The lowest BCUT2D eigenvalue weighted by Crippen LogP contribution is -1.96. The van der Waals surface area contributed by atoms with E-state index in [1.807, 2.05) is 6.07 Å². The molecule has 4 nitrogen and oxygen atoms in total. The smallest absolute Gasteiger partial charge is 0.339 e. The fourth-order valence-electron chi connectivity index (χ4n) is 1.58. The summed E-state index contributed by atoms with van der Waals surface area (Å²) in [4.78, 5) is 10.8. The summed E-state index contributed by atoms with van der Waals surface area (Å²) in [5, 5.41) is 28.4. The molecule has 78 valence electrons. The van der Waals surface area contributed by atoms with Crippen molar-refractivity contribution in [1.82, 2.24) is 0 Å². The zero-order chi connectivity index (χ0) is 11.7. The molecule has 0 aromatic heterocycles. The molecule has 0 heterocycles. The Bertz CT molecular complexity index is 626. The van der Waals surface area contributed by atoms with Gasteiger partial charge in [0.05, 0.1) is 11.6 Å².